The van der Waals surface area contributed by atoms with Crippen LogP contribution in [0.25, 0.3) is 0 Å². The zero-order chi connectivity index (χ0) is 80.6. The van der Waals surface area contributed by atoms with Crippen molar-refractivity contribution < 1.29 is 80.8 Å². The number of carbonyl (C=O) groups excluding carboxylic acids is 14. The number of benzene rings is 2. The smallest absolute Gasteiger partial charge is 0.219 e. The number of aryl methyl sites for hydroxylation is 2. The van der Waals surface area contributed by atoms with Crippen LogP contribution in [0.15, 0.2) is 60.7 Å². The summed E-state index contributed by atoms with van der Waals surface area (Å²) in [6.07, 6.45) is 11.0. The van der Waals surface area contributed by atoms with Crippen molar-refractivity contribution in [3.63, 3.8) is 0 Å². The van der Waals surface area contributed by atoms with E-state index in [1.807, 2.05) is 147 Å². The first-order chi connectivity index (χ1) is 43.7. The molecule has 0 spiro atoms. The number of amides is 1. The molecule has 101 heavy (non-hydrogen) atoms. The zero-order valence-corrected chi connectivity index (χ0v) is 72.1. The van der Waals surface area contributed by atoms with Gasteiger partial charge in [-0.25, -0.2) is 0 Å². The van der Waals surface area contributed by atoms with E-state index in [2.05, 4.69) is 183 Å². The lowest BCUT2D eigenvalue weighted by atomic mass is 10.1. The van der Waals surface area contributed by atoms with Crippen LogP contribution in [-0.2, 0) is 80.0 Å². The van der Waals surface area contributed by atoms with Gasteiger partial charge in [0.15, 0.2) is 0 Å². The Labute approximate surface area is 636 Å². The highest BCUT2D eigenvalue weighted by atomic mass is 16.3. The molecule has 1 saturated heterocycles. The molecule has 2 aromatic rings. The largest absolute Gasteiger partial charge is 0.394 e. The average molecular weight is 1500 g/mol. The highest BCUT2D eigenvalue weighted by molar-refractivity contribution is 5.73. The van der Waals surface area contributed by atoms with E-state index in [-0.39, 0.29) is 82.1 Å². The molecule has 0 atom stereocenters. The summed E-state index contributed by atoms with van der Waals surface area (Å²) >= 11 is 0. The number of nitrogens with zero attached hydrogens (tertiary/aromatic N) is 1. The number of rotatable bonds is 6. The lowest BCUT2D eigenvalue weighted by Crippen LogP contribution is -2.33. The summed E-state index contributed by atoms with van der Waals surface area (Å²) in [6.45, 7) is 82.4. The predicted molar refractivity (Wildman–Crippen MR) is 466 cm³/mol. The third-order valence-corrected chi connectivity index (χ3v) is 7.57. The Hall–Kier alpha value is -6.94. The van der Waals surface area contributed by atoms with Crippen molar-refractivity contribution in [3.8, 4) is 0 Å². The van der Waals surface area contributed by atoms with Gasteiger partial charge in [-0.3, -0.25) is 4.79 Å². The number of aliphatic hydroxyl groups is 1. The van der Waals surface area contributed by atoms with Gasteiger partial charge in [-0.15, -0.1) is 0 Å². The normalized spacial score (nSPS) is 6.70. The fraction of sp³-hybridized carbons (Fsp3) is 0.639. The molecule has 0 radical (unpaired) electrons. The summed E-state index contributed by atoms with van der Waals surface area (Å²) in [5, 5.41) is 8.06. The van der Waals surface area contributed by atoms with Crippen LogP contribution in [0.4, 0.5) is 0 Å². The molecule has 648 valence electrons. The third kappa shape index (κ3) is 706. The maximum atomic E-state index is 10.7. The summed E-state index contributed by atoms with van der Waals surface area (Å²) in [5.74, 6) is 4.60. The van der Waals surface area contributed by atoms with E-state index < -0.39 is 0 Å². The van der Waals surface area contributed by atoms with Crippen LogP contribution in [0, 0.1) is 29.6 Å². The van der Waals surface area contributed by atoms with Crippen LogP contribution in [0.1, 0.15) is 245 Å². The number of carbonyl (C=O) groups is 14. The lowest BCUT2D eigenvalue weighted by molar-refractivity contribution is -0.129. The second-order valence-corrected chi connectivity index (χ2v) is 16.3. The van der Waals surface area contributed by atoms with E-state index >= 15 is 0 Å². The molecule has 29 heteroatoms. The van der Waals surface area contributed by atoms with Crippen molar-refractivity contribution in [1.82, 2.24) is 66.4 Å². The third-order valence-electron chi connectivity index (χ3n) is 7.57. The summed E-state index contributed by atoms with van der Waals surface area (Å²) in [5.41, 5.74) is 16.3. The van der Waals surface area contributed by atoms with Crippen molar-refractivity contribution in [2.75, 3.05) is 34.2 Å². The van der Waals surface area contributed by atoms with Gasteiger partial charge < -0.3 is 151 Å². The molecule has 1 aliphatic heterocycles. The Morgan fingerprint density at radius 2 is 0.446 bits per heavy atom. The molecule has 0 aliphatic carbocycles. The first-order valence-corrected chi connectivity index (χ1v) is 30.2. The van der Waals surface area contributed by atoms with Gasteiger partial charge in [0.1, 0.15) is 88.3 Å². The SMILES string of the molecule is C=O.C=O.C=O.C=O.C=O.C=O.C=O.C=O.C=O.C=O.C=O.C=O.C=O.CC.CC.CC.CC(=O)N1CCCCC1.CC(C)C.CC(C)O.CCC(C)C.CCC(C)C.CCC(C)C.CCC(C)C.CCc1ccccc1.CCc1ccccc1.CN.CN.CN.N.N.N.N.N.N.N.N.N.N.[HH].[HH].[HH].[HH].[HH].[HH]. The Bertz CT molecular complexity index is 1080. The molecular formula is C72H200N14O15. The van der Waals surface area contributed by atoms with E-state index in [4.69, 9.17) is 67.4 Å². The highest BCUT2D eigenvalue weighted by Gasteiger charge is 2.11. The zero-order valence-electron chi connectivity index (χ0n) is 72.1. The fourth-order valence-electron chi connectivity index (χ4n) is 2.64. The standard InChI is InChI=1S/2C8H10.C7H13NO.4C5H12.C4H10.C3H8O.3C2H6.3CH5N.13CH2O.10H3N.6H2/c2*1-2-8-6-4-3-5-7-8;1-7(9)8-5-3-2-4-6-8;4*1-4-5(2)3;1-4(2)3;1-3(2)4;19*1-2;;;;;;;;;;;;;;;;/h2*3-7H,2H2,1H3;2-6H2,1H3;4*5H,4H2,1-3H3;4H,1-3H3;3-4H,1-2H3;3*1-2H3;3*2H2,1H3;13*1H2;10*1H3;6*1H. The van der Waals surface area contributed by atoms with Gasteiger partial charge in [0.25, 0.3) is 0 Å². The Morgan fingerprint density at radius 3 is 0.505 bits per heavy atom. The first kappa shape index (κ1) is 234. The van der Waals surface area contributed by atoms with E-state index in [1.165, 1.54) is 77.2 Å². The minimum absolute atomic E-state index is 0. The number of piperidine rings is 1. The summed E-state index contributed by atoms with van der Waals surface area (Å²) < 4.78 is 0. The van der Waals surface area contributed by atoms with Gasteiger partial charge >= 0.3 is 0 Å². The first-order valence-electron chi connectivity index (χ1n) is 30.2. The topological polar surface area (TPSA) is 691 Å². The number of hydrogen-bond acceptors (Lipinski definition) is 28. The van der Waals surface area contributed by atoms with Crippen LogP contribution >= 0.6 is 0 Å². The molecule has 0 unspecified atom stereocenters. The van der Waals surface area contributed by atoms with Crippen LogP contribution in [0.3, 0.4) is 0 Å². The quantitative estimate of drug-likeness (QED) is 0.128. The molecule has 1 aliphatic rings. The minimum atomic E-state index is -0.167. The molecule has 0 bridgehead atoms. The van der Waals surface area contributed by atoms with Gasteiger partial charge in [0.2, 0.25) is 5.91 Å². The Morgan fingerprint density at radius 1 is 0.337 bits per heavy atom. The van der Waals surface area contributed by atoms with Gasteiger partial charge in [-0.2, -0.15) is 0 Å². The molecule has 3 rings (SSSR count). The van der Waals surface area contributed by atoms with Gasteiger partial charge in [0, 0.05) is 34.7 Å². The maximum Gasteiger partial charge on any atom is 0.219 e. The van der Waals surface area contributed by atoms with Gasteiger partial charge in [-0.1, -0.05) is 246 Å². The molecular weight excluding hydrogens is 1300 g/mol. The molecule has 0 saturated carbocycles. The number of likely N-dealkylation sites (tertiary alicyclic amines) is 1. The maximum absolute atomic E-state index is 10.7. The molecule has 1 fully saturated rings. The predicted octanol–water partition coefficient (Wildman–Crippen LogP) is 18.3. The monoisotopic (exact) mass is 1500 g/mol. The molecule has 2 aromatic carbocycles. The van der Waals surface area contributed by atoms with Crippen molar-refractivity contribution >= 4 is 94.2 Å². The summed E-state index contributed by atoms with van der Waals surface area (Å²) in [4.78, 5) is 117. The van der Waals surface area contributed by atoms with Gasteiger partial charge in [-0.05, 0) is 108 Å². The number of hydrogen-bond donors (Lipinski definition) is 14. The van der Waals surface area contributed by atoms with Crippen molar-refractivity contribution in [2.45, 2.75) is 244 Å². The number of aliphatic hydroxyl groups excluding tert-OH is 1. The van der Waals surface area contributed by atoms with E-state index in [1.54, 1.807) is 20.8 Å². The highest BCUT2D eigenvalue weighted by Crippen LogP contribution is 2.07. The molecule has 29 nitrogen and oxygen atoms in total. The van der Waals surface area contributed by atoms with E-state index in [0.717, 1.165) is 55.5 Å². The van der Waals surface area contributed by atoms with Crippen molar-refractivity contribution in [2.24, 2.45) is 46.8 Å². The van der Waals surface area contributed by atoms with Crippen molar-refractivity contribution in [3.05, 3.63) is 71.8 Å². The fourth-order valence-corrected chi connectivity index (χ4v) is 2.64. The average Bonchev–Trinajstić information content (AvgIpc) is 3.65. The Balaban J connectivity index is -0.0000000110. The second kappa shape index (κ2) is 406. The second-order valence-electron chi connectivity index (χ2n) is 16.3. The lowest BCUT2D eigenvalue weighted by Gasteiger charge is -2.24. The van der Waals surface area contributed by atoms with Crippen LogP contribution < -0.4 is 78.7 Å². The minimum Gasteiger partial charge on any atom is -0.394 e. The summed E-state index contributed by atoms with van der Waals surface area (Å²) in [7, 11) is 4.50. The van der Waals surface area contributed by atoms with Crippen molar-refractivity contribution in [1.29, 1.82) is 0 Å². The van der Waals surface area contributed by atoms with Crippen LogP contribution in [-0.4, -0.2) is 145 Å². The molecule has 1 heterocycles. The molecule has 1 amide bonds. The molecule has 0 aromatic heterocycles. The van der Waals surface area contributed by atoms with Crippen LogP contribution in [0.2, 0.25) is 0 Å². The van der Waals surface area contributed by atoms with Gasteiger partial charge in [0.05, 0.1) is 0 Å². The Kier molecular flexibility index (Phi) is 939. The van der Waals surface area contributed by atoms with E-state index in [9.17, 15) is 4.79 Å². The van der Waals surface area contributed by atoms with Crippen LogP contribution in [0.5, 0.6) is 0 Å². The summed E-state index contributed by atoms with van der Waals surface area (Å²) in [6, 6.07) is 20.9. The molecule has 37 N–H and O–H groups in total. The van der Waals surface area contributed by atoms with E-state index in [0.29, 0.717) is 0 Å². The number of nitrogens with two attached hydrogens (primary N) is 3.